The molecule has 0 aromatic heterocycles. The first-order chi connectivity index (χ1) is 34.7. The highest BCUT2D eigenvalue weighted by atomic mass is 16.6. The summed E-state index contributed by atoms with van der Waals surface area (Å²) in [6, 6.07) is -2.01. The van der Waals surface area contributed by atoms with Crippen molar-refractivity contribution in [3.05, 3.63) is 29.8 Å². The van der Waals surface area contributed by atoms with Gasteiger partial charge < -0.3 is 54.9 Å². The molecule has 3 heterocycles. The number of ketones is 1. The fraction of sp³-hybridized carbons (Fsp3) is 0.698. The number of hydrogen-bond donors (Lipinski definition) is 4. The summed E-state index contributed by atoms with van der Waals surface area (Å²) in [5, 5.41) is 19.9. The van der Waals surface area contributed by atoms with E-state index in [1.165, 1.54) is 47.7 Å². The number of hydrogen-bond acceptors (Lipinski definition) is 14. The zero-order chi connectivity index (χ0) is 55.5. The Morgan fingerprint density at radius 2 is 1.49 bits per heavy atom. The van der Waals surface area contributed by atoms with Crippen LogP contribution in [0.2, 0.25) is 0 Å². The number of esters is 2. The van der Waals surface area contributed by atoms with Crippen molar-refractivity contribution < 1.29 is 67.3 Å². The lowest BCUT2D eigenvalue weighted by Crippen LogP contribution is -2.62. The zero-order valence-corrected chi connectivity index (χ0v) is 45.5. The van der Waals surface area contributed by atoms with Crippen LogP contribution in [0.5, 0.6) is 5.75 Å². The normalized spacial score (nSPS) is 26.5. The molecule has 74 heavy (non-hydrogen) atoms. The molecule has 0 spiro atoms. The molecule has 412 valence electrons. The van der Waals surface area contributed by atoms with Crippen LogP contribution in [0.4, 0.5) is 0 Å². The number of likely N-dealkylation sites (tertiary alicyclic amines) is 1. The molecule has 21 nitrogen and oxygen atoms in total. The molecule has 3 aliphatic rings. The molecule has 0 saturated carbocycles. The molecule has 4 rings (SSSR count). The minimum Gasteiger partial charge on any atom is -0.497 e. The van der Waals surface area contributed by atoms with E-state index in [1.54, 1.807) is 52.0 Å². The average molecular weight is 1040 g/mol. The molecule has 3 fully saturated rings. The number of amides is 7. The third-order valence-electron chi connectivity index (χ3n) is 14.0. The van der Waals surface area contributed by atoms with Gasteiger partial charge in [-0.15, -0.1) is 0 Å². The number of Topliss-reactive ketones (excluding diaryl/α,β-unsaturated/α-hetero) is 1. The van der Waals surface area contributed by atoms with Gasteiger partial charge in [0.2, 0.25) is 35.3 Å². The third kappa shape index (κ3) is 15.5. The van der Waals surface area contributed by atoms with Gasteiger partial charge in [0.05, 0.1) is 25.7 Å². The molecule has 0 aliphatic carbocycles. The van der Waals surface area contributed by atoms with Crippen LogP contribution in [0.25, 0.3) is 0 Å². The fourth-order valence-electron chi connectivity index (χ4n) is 9.85. The Kier molecular flexibility index (Phi) is 22.0. The largest absolute Gasteiger partial charge is 0.497 e. The SMILES string of the molecule is COc1ccc(C[C@H]2C(=O)O[C@@H](C)[C@@H](NC(=O)[C@@H](CC(C)C)N(C)C(=O)[C@@H]3CCCN3C(=O)C(C)=O)C(=O)N[C@@H](C(C)C)[C@@H](O)CC(=O)O[C@@H](C(C)C)C(=O)N[C@@H](CC(C)C)C(=O)N3CCC[C@H]3C(=O)N2C)cc1. The van der Waals surface area contributed by atoms with Gasteiger partial charge in [0.15, 0.2) is 6.10 Å². The van der Waals surface area contributed by atoms with Crippen LogP contribution in [-0.4, -0.2) is 179 Å². The van der Waals surface area contributed by atoms with Gasteiger partial charge in [-0.1, -0.05) is 67.5 Å². The lowest BCUT2D eigenvalue weighted by molar-refractivity contribution is -0.162. The number of nitrogens with zero attached hydrogens (tertiary/aromatic N) is 4. The maximum atomic E-state index is 14.8. The average Bonchev–Trinajstić information content (AvgIpc) is 4.04. The summed E-state index contributed by atoms with van der Waals surface area (Å²) in [5.41, 5.74) is 0.590. The second kappa shape index (κ2) is 26.9. The quantitative estimate of drug-likeness (QED) is 0.153. The number of methoxy groups -OCH3 is 1. The molecule has 21 heteroatoms. The summed E-state index contributed by atoms with van der Waals surface area (Å²) in [5.74, 6) is -8.76. The van der Waals surface area contributed by atoms with Gasteiger partial charge in [-0.2, -0.15) is 0 Å². The van der Waals surface area contributed by atoms with Gasteiger partial charge >= 0.3 is 11.9 Å². The Morgan fingerprint density at radius 3 is 2.05 bits per heavy atom. The van der Waals surface area contributed by atoms with E-state index in [4.69, 9.17) is 14.2 Å². The first kappa shape index (κ1) is 60.4. The van der Waals surface area contributed by atoms with E-state index in [1.807, 2.05) is 27.7 Å². The Bertz CT molecular complexity index is 2200. The summed E-state index contributed by atoms with van der Waals surface area (Å²) in [4.78, 5) is 145. The molecule has 0 radical (unpaired) electrons. The number of ether oxygens (including phenoxy) is 3. The molecular weight excluding hydrogens is 959 g/mol. The van der Waals surface area contributed by atoms with Crippen molar-refractivity contribution in [2.24, 2.45) is 23.7 Å². The summed E-state index contributed by atoms with van der Waals surface area (Å²) in [6.07, 6.45) is -3.73. The molecule has 3 aliphatic heterocycles. The van der Waals surface area contributed by atoms with Crippen LogP contribution >= 0.6 is 0 Å². The van der Waals surface area contributed by atoms with Crippen LogP contribution in [0, 0.1) is 23.7 Å². The molecule has 0 unspecified atom stereocenters. The maximum absolute atomic E-state index is 14.8. The highest BCUT2D eigenvalue weighted by molar-refractivity contribution is 6.35. The molecule has 7 amide bonds. The van der Waals surface area contributed by atoms with Crippen LogP contribution in [0.15, 0.2) is 24.3 Å². The monoisotopic (exact) mass is 1040 g/mol. The van der Waals surface area contributed by atoms with Crippen molar-refractivity contribution in [2.75, 3.05) is 34.3 Å². The number of carbonyl (C=O) groups is 10. The van der Waals surface area contributed by atoms with Crippen LogP contribution in [-0.2, 0) is 63.8 Å². The van der Waals surface area contributed by atoms with Gasteiger partial charge in [0.1, 0.15) is 48.1 Å². The molecule has 1 aromatic rings. The molecule has 10 atom stereocenters. The first-order valence-corrected chi connectivity index (χ1v) is 26.0. The van der Waals surface area contributed by atoms with E-state index in [0.717, 1.165) is 6.92 Å². The predicted molar refractivity (Wildman–Crippen MR) is 270 cm³/mol. The summed E-state index contributed by atoms with van der Waals surface area (Å²) >= 11 is 0. The van der Waals surface area contributed by atoms with Gasteiger partial charge in [0.25, 0.3) is 11.8 Å². The van der Waals surface area contributed by atoms with Gasteiger partial charge in [0, 0.05) is 40.5 Å². The molecule has 1 aromatic carbocycles. The summed E-state index contributed by atoms with van der Waals surface area (Å²) in [7, 11) is 4.30. The number of rotatable bonds is 14. The fourth-order valence-corrected chi connectivity index (χ4v) is 9.85. The van der Waals surface area contributed by atoms with Gasteiger partial charge in [-0.05, 0) is 86.8 Å². The van der Waals surface area contributed by atoms with E-state index < -0.39 is 138 Å². The lowest BCUT2D eigenvalue weighted by Gasteiger charge is -2.36. The minimum absolute atomic E-state index is 0.0739. The number of aliphatic hydroxyl groups excluding tert-OH is 1. The molecule has 0 bridgehead atoms. The van der Waals surface area contributed by atoms with Gasteiger partial charge in [-0.3, -0.25) is 43.2 Å². The van der Waals surface area contributed by atoms with Crippen molar-refractivity contribution >= 4 is 59.1 Å². The van der Waals surface area contributed by atoms with Crippen molar-refractivity contribution in [3.63, 3.8) is 0 Å². The van der Waals surface area contributed by atoms with Crippen LogP contribution in [0.3, 0.4) is 0 Å². The van der Waals surface area contributed by atoms with Gasteiger partial charge in [-0.25, -0.2) is 4.79 Å². The van der Waals surface area contributed by atoms with Crippen LogP contribution in [0.1, 0.15) is 120 Å². The Labute approximate surface area is 435 Å². The maximum Gasteiger partial charge on any atom is 0.329 e. The minimum atomic E-state index is -1.74. The number of aliphatic hydroxyl groups is 1. The standard InChI is InChI=1S/C53H81N7O14/c1-28(2)24-36-50(68)60-23-15-17-38(60)52(70)58(12)40(26-34-18-20-35(72-13)21-19-34)53(71)73-33(10)44(47(65)55-43(30(5)6)41(62)27-42(63)74-45(31(7)8)48(66)54-36)56-46(64)39(25-29(3)4)57(11)51(69)37-16-14-22-59(37)49(67)32(9)61/h18-21,28-31,33,36-41,43-45,62H,14-17,22-27H2,1-13H3,(H,54,66)(H,55,65)(H,56,64)/t33-,36-,37-,38-,39+,40-,41-,43-,44+,45-/m0/s1. The van der Waals surface area contributed by atoms with Crippen molar-refractivity contribution in [1.82, 2.24) is 35.6 Å². The molecule has 3 saturated heterocycles. The highest BCUT2D eigenvalue weighted by Gasteiger charge is 2.45. The molecular formula is C53H81N7O14. The Hall–Kier alpha value is -6.12. The van der Waals surface area contributed by atoms with Crippen LogP contribution < -0.4 is 20.7 Å². The smallest absolute Gasteiger partial charge is 0.329 e. The number of likely N-dealkylation sites (N-methyl/N-ethyl adjacent to an activating group) is 2. The number of cyclic esters (lactones) is 2. The number of carbonyl (C=O) groups excluding carboxylic acids is 10. The number of nitrogens with one attached hydrogen (secondary N) is 3. The second-order valence-electron chi connectivity index (χ2n) is 21.5. The topological polar surface area (TPSA) is 268 Å². The summed E-state index contributed by atoms with van der Waals surface area (Å²) in [6.45, 7) is 16.8. The van der Waals surface area contributed by atoms with Crippen molar-refractivity contribution in [1.29, 1.82) is 0 Å². The third-order valence-corrected chi connectivity index (χ3v) is 14.0. The number of benzene rings is 1. The zero-order valence-electron chi connectivity index (χ0n) is 45.5. The summed E-state index contributed by atoms with van der Waals surface area (Å²) < 4.78 is 17.2. The Balaban J connectivity index is 1.85. The van der Waals surface area contributed by atoms with E-state index >= 15 is 0 Å². The predicted octanol–water partition coefficient (Wildman–Crippen LogP) is 1.93. The van der Waals surface area contributed by atoms with E-state index in [-0.39, 0.29) is 57.0 Å². The van der Waals surface area contributed by atoms with E-state index in [9.17, 15) is 53.1 Å². The highest BCUT2D eigenvalue weighted by Crippen LogP contribution is 2.27. The lowest BCUT2D eigenvalue weighted by atomic mass is 9.95. The molecule has 4 N–H and O–H groups in total. The van der Waals surface area contributed by atoms with Crippen molar-refractivity contribution in [2.45, 2.75) is 181 Å². The van der Waals surface area contributed by atoms with Crippen molar-refractivity contribution in [3.8, 4) is 5.75 Å². The second-order valence-corrected chi connectivity index (χ2v) is 21.5. The first-order valence-electron chi connectivity index (χ1n) is 26.0. The van der Waals surface area contributed by atoms with E-state index in [2.05, 4.69) is 16.0 Å². The van der Waals surface area contributed by atoms with E-state index in [0.29, 0.717) is 24.2 Å². The Morgan fingerprint density at radius 1 is 0.851 bits per heavy atom. The number of fused-ring (bicyclic) bond motifs is 1.